The first kappa shape index (κ1) is 27.4. The number of aryl methyl sites for hydroxylation is 1. The molecule has 0 aliphatic rings. The van der Waals surface area contributed by atoms with Gasteiger partial charge in [-0.1, -0.05) is 162 Å². The van der Waals surface area contributed by atoms with Crippen LogP contribution in [0, 0.1) is 6.92 Å². The maximum atomic E-state index is 2.39. The van der Waals surface area contributed by atoms with Crippen molar-refractivity contribution < 1.29 is 0 Å². The van der Waals surface area contributed by atoms with Crippen LogP contribution in [-0.4, -0.2) is 0 Å². The second-order valence-corrected chi connectivity index (χ2v) is 14.3. The van der Waals surface area contributed by atoms with Crippen molar-refractivity contribution in [1.82, 2.24) is 0 Å². The zero-order valence-electron chi connectivity index (χ0n) is 26.5. The molecule has 7 rings (SSSR count). The van der Waals surface area contributed by atoms with Crippen molar-refractivity contribution in [2.24, 2.45) is 0 Å². The molecular weight excluding hydrogens is 516 g/mol. The largest absolute Gasteiger partial charge is 0.0616 e. The summed E-state index contributed by atoms with van der Waals surface area (Å²) in [5.74, 6) is 0. The summed E-state index contributed by atoms with van der Waals surface area (Å²) in [6.45, 7) is 15.9. The van der Waals surface area contributed by atoms with Gasteiger partial charge in [0, 0.05) is 0 Å². The molecular formula is C43H40. The Kier molecular flexibility index (Phi) is 6.26. The van der Waals surface area contributed by atoms with Gasteiger partial charge in [0.15, 0.2) is 0 Å². The highest BCUT2D eigenvalue weighted by molar-refractivity contribution is 6.25. The second kappa shape index (κ2) is 9.81. The van der Waals surface area contributed by atoms with Crippen molar-refractivity contribution in [3.63, 3.8) is 0 Å². The van der Waals surface area contributed by atoms with E-state index in [1.54, 1.807) is 0 Å². The van der Waals surface area contributed by atoms with Gasteiger partial charge < -0.3 is 0 Å². The summed E-state index contributed by atoms with van der Waals surface area (Å²) in [5.41, 5.74) is 9.45. The average molecular weight is 557 g/mol. The van der Waals surface area contributed by atoms with Gasteiger partial charge in [-0.05, 0) is 94.2 Å². The minimum atomic E-state index is 0.106. The molecule has 0 unspecified atom stereocenters. The van der Waals surface area contributed by atoms with E-state index in [-0.39, 0.29) is 10.8 Å². The van der Waals surface area contributed by atoms with E-state index in [2.05, 4.69) is 164 Å². The molecule has 0 heterocycles. The minimum Gasteiger partial charge on any atom is -0.0616 e. The lowest BCUT2D eigenvalue weighted by atomic mass is 9.81. The summed E-state index contributed by atoms with van der Waals surface area (Å²) in [5, 5.41) is 10.4. The number of fused-ring (bicyclic) bond motifs is 4. The summed E-state index contributed by atoms with van der Waals surface area (Å²) in [6.07, 6.45) is 0. The van der Waals surface area contributed by atoms with Crippen LogP contribution in [0.4, 0.5) is 0 Å². The highest BCUT2D eigenvalue weighted by Crippen LogP contribution is 2.47. The quantitative estimate of drug-likeness (QED) is 0.186. The molecule has 0 saturated heterocycles. The van der Waals surface area contributed by atoms with Crippen molar-refractivity contribution in [3.05, 3.63) is 132 Å². The van der Waals surface area contributed by atoms with Crippen LogP contribution >= 0.6 is 0 Å². The van der Waals surface area contributed by atoms with Gasteiger partial charge in [0.25, 0.3) is 0 Å². The van der Waals surface area contributed by atoms with E-state index in [1.807, 2.05) is 0 Å². The highest BCUT2D eigenvalue weighted by Gasteiger charge is 2.21. The third kappa shape index (κ3) is 4.61. The monoisotopic (exact) mass is 556 g/mol. The van der Waals surface area contributed by atoms with E-state index < -0.39 is 0 Å². The molecule has 0 saturated carbocycles. The van der Waals surface area contributed by atoms with Crippen LogP contribution in [0.1, 0.15) is 58.2 Å². The summed E-state index contributed by atoms with van der Waals surface area (Å²) in [6, 6.07) is 43.7. The van der Waals surface area contributed by atoms with Gasteiger partial charge in [-0.2, -0.15) is 0 Å². The predicted octanol–water partition coefficient (Wildman–Crippen LogP) is 12.5. The van der Waals surface area contributed by atoms with Gasteiger partial charge in [0.05, 0.1) is 0 Å². The van der Waals surface area contributed by atoms with E-state index >= 15 is 0 Å². The van der Waals surface area contributed by atoms with Crippen molar-refractivity contribution >= 4 is 43.1 Å². The average Bonchev–Trinajstić information content (AvgIpc) is 2.98. The lowest BCUT2D eigenvalue weighted by Gasteiger charge is -2.22. The fourth-order valence-electron chi connectivity index (χ4n) is 6.81. The van der Waals surface area contributed by atoms with E-state index in [0.29, 0.717) is 0 Å². The van der Waals surface area contributed by atoms with Crippen LogP contribution in [-0.2, 0) is 10.8 Å². The molecule has 43 heavy (non-hydrogen) atoms. The predicted molar refractivity (Wildman–Crippen MR) is 189 cm³/mol. The van der Waals surface area contributed by atoms with Crippen LogP contribution in [0.25, 0.3) is 65.3 Å². The molecule has 0 amide bonds. The van der Waals surface area contributed by atoms with Gasteiger partial charge in [-0.3, -0.25) is 0 Å². The van der Waals surface area contributed by atoms with Crippen molar-refractivity contribution in [2.75, 3.05) is 0 Å². The Morgan fingerprint density at radius 2 is 0.814 bits per heavy atom. The lowest BCUT2D eigenvalue weighted by Crippen LogP contribution is -2.10. The second-order valence-electron chi connectivity index (χ2n) is 14.3. The van der Waals surface area contributed by atoms with Crippen LogP contribution < -0.4 is 0 Å². The van der Waals surface area contributed by atoms with Gasteiger partial charge in [0.2, 0.25) is 0 Å². The Bertz CT molecular complexity index is 2200. The topological polar surface area (TPSA) is 0 Å². The minimum absolute atomic E-state index is 0.106. The molecule has 0 atom stereocenters. The van der Waals surface area contributed by atoms with Crippen LogP contribution in [0.5, 0.6) is 0 Å². The standard InChI is InChI=1S/C43H40/c1-27-18-21-38-39(24-27)41(35-17-11-13-29-26-31(43(5,6)7)20-23-33(29)35)37-15-9-8-14-36(37)40(38)34-16-10-12-28-25-30(42(2,3)4)19-22-32(28)34/h8-26H,1-7H3. The molecule has 0 N–H and O–H groups in total. The SMILES string of the molecule is Cc1ccc2c(-c3cccc4cc(C(C)(C)C)ccc34)c3ccccc3c(-c3cccc4cc(C(C)(C)C)ccc34)c2c1. The van der Waals surface area contributed by atoms with Crippen molar-refractivity contribution in [1.29, 1.82) is 0 Å². The number of benzene rings is 7. The van der Waals surface area contributed by atoms with Crippen LogP contribution in [0.2, 0.25) is 0 Å². The number of hydrogen-bond acceptors (Lipinski definition) is 0. The maximum Gasteiger partial charge on any atom is -0.00200 e. The zero-order valence-corrected chi connectivity index (χ0v) is 26.5. The molecule has 0 nitrogen and oxygen atoms in total. The summed E-state index contributed by atoms with van der Waals surface area (Å²) < 4.78 is 0. The first-order valence-corrected chi connectivity index (χ1v) is 15.5. The van der Waals surface area contributed by atoms with Gasteiger partial charge in [0.1, 0.15) is 0 Å². The molecule has 212 valence electrons. The molecule has 0 aromatic heterocycles. The third-order valence-electron chi connectivity index (χ3n) is 9.21. The summed E-state index contributed by atoms with van der Waals surface area (Å²) >= 11 is 0. The molecule has 0 heteroatoms. The fourth-order valence-corrected chi connectivity index (χ4v) is 6.81. The normalized spacial score (nSPS) is 12.5. The van der Waals surface area contributed by atoms with Crippen molar-refractivity contribution in [2.45, 2.75) is 59.3 Å². The molecule has 7 aromatic rings. The van der Waals surface area contributed by atoms with E-state index in [9.17, 15) is 0 Å². The Morgan fingerprint density at radius 1 is 0.372 bits per heavy atom. The Hall–Kier alpha value is -4.42. The van der Waals surface area contributed by atoms with E-state index in [1.165, 1.54) is 82.0 Å². The Balaban J connectivity index is 1.60. The lowest BCUT2D eigenvalue weighted by molar-refractivity contribution is 0.591. The van der Waals surface area contributed by atoms with Gasteiger partial charge in [-0.15, -0.1) is 0 Å². The molecule has 7 aromatic carbocycles. The van der Waals surface area contributed by atoms with E-state index in [0.717, 1.165) is 0 Å². The molecule has 0 aliphatic carbocycles. The summed E-state index contributed by atoms with van der Waals surface area (Å²) in [4.78, 5) is 0. The molecule has 0 aliphatic heterocycles. The number of rotatable bonds is 2. The van der Waals surface area contributed by atoms with Gasteiger partial charge in [-0.25, -0.2) is 0 Å². The Labute approximate surface area is 256 Å². The number of hydrogen-bond donors (Lipinski definition) is 0. The molecule has 0 spiro atoms. The smallest absolute Gasteiger partial charge is 0.00200 e. The fraction of sp³-hybridized carbons (Fsp3) is 0.209. The Morgan fingerprint density at radius 3 is 1.30 bits per heavy atom. The molecule has 0 bridgehead atoms. The zero-order chi connectivity index (χ0) is 30.1. The first-order valence-electron chi connectivity index (χ1n) is 15.5. The molecule has 0 fully saturated rings. The van der Waals surface area contributed by atoms with Gasteiger partial charge >= 0.3 is 0 Å². The highest BCUT2D eigenvalue weighted by atomic mass is 14.2. The van der Waals surface area contributed by atoms with E-state index in [4.69, 9.17) is 0 Å². The van der Waals surface area contributed by atoms with Crippen LogP contribution in [0.15, 0.2) is 115 Å². The third-order valence-corrected chi connectivity index (χ3v) is 9.21. The first-order chi connectivity index (χ1) is 20.5. The summed E-state index contributed by atoms with van der Waals surface area (Å²) in [7, 11) is 0. The van der Waals surface area contributed by atoms with Crippen molar-refractivity contribution in [3.8, 4) is 22.3 Å². The maximum absolute atomic E-state index is 2.39. The van der Waals surface area contributed by atoms with Crippen LogP contribution in [0.3, 0.4) is 0 Å². The molecule has 0 radical (unpaired) electrons.